The molecule has 1 N–H and O–H groups in total. The molecule has 2 rings (SSSR count). The summed E-state index contributed by atoms with van der Waals surface area (Å²) in [7, 11) is 0. The fourth-order valence-electron chi connectivity index (χ4n) is 2.12. The molecule has 1 nitrogen and oxygen atoms in total. The molecule has 72 valence electrons. The Bertz CT molecular complexity index is 247. The Hall–Kier alpha value is -0.340. The summed E-state index contributed by atoms with van der Waals surface area (Å²) >= 11 is 1.76. The van der Waals surface area contributed by atoms with E-state index < -0.39 is 0 Å². The second-order valence-electron chi connectivity index (χ2n) is 4.04. The molecule has 1 heterocycles. The molecule has 0 aliphatic heterocycles. The van der Waals surface area contributed by atoms with Crippen LogP contribution in [0.4, 0.5) is 0 Å². The zero-order valence-electron chi connectivity index (χ0n) is 7.83. The maximum absolute atomic E-state index is 10.2. The Morgan fingerprint density at radius 2 is 2.08 bits per heavy atom. The summed E-state index contributed by atoms with van der Waals surface area (Å²) in [5.74, 6) is 0. The minimum atomic E-state index is -0.386. The Balaban J connectivity index is 1.99. The van der Waals surface area contributed by atoms with Crippen LogP contribution in [-0.4, -0.2) is 10.7 Å². The molecule has 1 aliphatic rings. The zero-order chi connectivity index (χ0) is 9.15. The number of rotatable bonds is 2. The van der Waals surface area contributed by atoms with E-state index in [0.717, 1.165) is 19.3 Å². The van der Waals surface area contributed by atoms with Crippen molar-refractivity contribution in [1.82, 2.24) is 0 Å². The van der Waals surface area contributed by atoms with Gasteiger partial charge in [0, 0.05) is 11.3 Å². The smallest absolute Gasteiger partial charge is 0.0695 e. The molecule has 1 aromatic heterocycles. The normalized spacial score (nSPS) is 21.6. The first kappa shape index (κ1) is 9.22. The highest BCUT2D eigenvalue weighted by molar-refractivity contribution is 7.09. The molecule has 0 saturated heterocycles. The summed E-state index contributed by atoms with van der Waals surface area (Å²) in [6.07, 6.45) is 6.54. The molecule has 0 amide bonds. The predicted octanol–water partition coefficient (Wildman–Crippen LogP) is 2.99. The first-order chi connectivity index (χ1) is 6.29. The van der Waals surface area contributed by atoms with Crippen LogP contribution >= 0.6 is 11.3 Å². The van der Waals surface area contributed by atoms with Crippen LogP contribution in [0.1, 0.15) is 37.0 Å². The van der Waals surface area contributed by atoms with E-state index in [1.807, 2.05) is 0 Å². The average Bonchev–Trinajstić information content (AvgIpc) is 2.57. The van der Waals surface area contributed by atoms with Gasteiger partial charge >= 0.3 is 0 Å². The minimum absolute atomic E-state index is 0.386. The van der Waals surface area contributed by atoms with Crippen LogP contribution in [0.5, 0.6) is 0 Å². The van der Waals surface area contributed by atoms with E-state index in [9.17, 15) is 5.11 Å². The van der Waals surface area contributed by atoms with Gasteiger partial charge in [-0.25, -0.2) is 0 Å². The number of aliphatic hydroxyl groups is 1. The van der Waals surface area contributed by atoms with Gasteiger partial charge in [-0.05, 0) is 24.3 Å². The van der Waals surface area contributed by atoms with Crippen LogP contribution in [0, 0.1) is 0 Å². The first-order valence-corrected chi connectivity index (χ1v) is 5.91. The van der Waals surface area contributed by atoms with Crippen molar-refractivity contribution < 1.29 is 5.11 Å². The van der Waals surface area contributed by atoms with Crippen molar-refractivity contribution in [3.63, 3.8) is 0 Å². The van der Waals surface area contributed by atoms with Crippen molar-refractivity contribution in [2.75, 3.05) is 0 Å². The number of hydrogen-bond acceptors (Lipinski definition) is 2. The molecule has 1 saturated carbocycles. The fourth-order valence-corrected chi connectivity index (χ4v) is 2.97. The number of hydrogen-bond donors (Lipinski definition) is 1. The Labute approximate surface area is 83.4 Å². The molecule has 0 aromatic carbocycles. The van der Waals surface area contributed by atoms with Gasteiger partial charge in [-0.15, -0.1) is 11.3 Å². The highest BCUT2D eigenvalue weighted by Gasteiger charge is 2.29. The summed E-state index contributed by atoms with van der Waals surface area (Å²) in [5, 5.41) is 12.3. The summed E-state index contributed by atoms with van der Waals surface area (Å²) in [5.41, 5.74) is -0.386. The van der Waals surface area contributed by atoms with Gasteiger partial charge < -0.3 is 5.11 Å². The van der Waals surface area contributed by atoms with E-state index in [1.165, 1.54) is 24.1 Å². The quantitative estimate of drug-likeness (QED) is 0.771. The lowest BCUT2D eigenvalue weighted by molar-refractivity contribution is 0.00519. The third-order valence-electron chi connectivity index (χ3n) is 2.87. The monoisotopic (exact) mass is 196 g/mol. The van der Waals surface area contributed by atoms with Crippen molar-refractivity contribution in [3.8, 4) is 0 Å². The van der Waals surface area contributed by atoms with Crippen molar-refractivity contribution in [3.05, 3.63) is 22.4 Å². The Kier molecular flexibility index (Phi) is 2.70. The molecule has 0 bridgehead atoms. The lowest BCUT2D eigenvalue weighted by atomic mass is 9.82. The summed E-state index contributed by atoms with van der Waals surface area (Å²) in [6.45, 7) is 0. The highest BCUT2D eigenvalue weighted by atomic mass is 32.1. The molecule has 1 fully saturated rings. The van der Waals surface area contributed by atoms with Crippen molar-refractivity contribution in [2.24, 2.45) is 0 Å². The molecule has 0 atom stereocenters. The van der Waals surface area contributed by atoms with Gasteiger partial charge in [0.2, 0.25) is 0 Å². The SMILES string of the molecule is OC1(Cc2cccs2)CCCCC1. The van der Waals surface area contributed by atoms with E-state index in [0.29, 0.717) is 0 Å². The van der Waals surface area contributed by atoms with Crippen molar-refractivity contribution in [1.29, 1.82) is 0 Å². The van der Waals surface area contributed by atoms with Crippen molar-refractivity contribution >= 4 is 11.3 Å². The van der Waals surface area contributed by atoms with Gasteiger partial charge in [0.1, 0.15) is 0 Å². The maximum Gasteiger partial charge on any atom is 0.0695 e. The van der Waals surface area contributed by atoms with E-state index >= 15 is 0 Å². The second kappa shape index (κ2) is 3.81. The number of thiophene rings is 1. The van der Waals surface area contributed by atoms with E-state index in [2.05, 4.69) is 17.5 Å². The van der Waals surface area contributed by atoms with Gasteiger partial charge in [0.15, 0.2) is 0 Å². The second-order valence-corrected chi connectivity index (χ2v) is 5.07. The first-order valence-electron chi connectivity index (χ1n) is 5.03. The molecular formula is C11H16OS. The minimum Gasteiger partial charge on any atom is -0.390 e. The van der Waals surface area contributed by atoms with Crippen LogP contribution in [0.25, 0.3) is 0 Å². The summed E-state index contributed by atoms with van der Waals surface area (Å²) in [4.78, 5) is 1.32. The third kappa shape index (κ3) is 2.32. The van der Waals surface area contributed by atoms with E-state index in [4.69, 9.17) is 0 Å². The lowest BCUT2D eigenvalue weighted by Gasteiger charge is -2.31. The molecule has 0 unspecified atom stereocenters. The molecule has 0 spiro atoms. The van der Waals surface area contributed by atoms with E-state index in [-0.39, 0.29) is 5.60 Å². The Morgan fingerprint density at radius 3 is 2.69 bits per heavy atom. The summed E-state index contributed by atoms with van der Waals surface area (Å²) in [6, 6.07) is 4.18. The van der Waals surface area contributed by atoms with Gasteiger partial charge in [0.25, 0.3) is 0 Å². The summed E-state index contributed by atoms with van der Waals surface area (Å²) < 4.78 is 0. The standard InChI is InChI=1S/C11H16OS/c12-11(6-2-1-3-7-11)9-10-5-4-8-13-10/h4-5,8,12H,1-3,6-7,9H2. The van der Waals surface area contributed by atoms with Crippen LogP contribution in [0.2, 0.25) is 0 Å². The molecule has 1 aliphatic carbocycles. The van der Waals surface area contributed by atoms with Crippen LogP contribution < -0.4 is 0 Å². The lowest BCUT2D eigenvalue weighted by Crippen LogP contribution is -2.33. The maximum atomic E-state index is 10.2. The predicted molar refractivity (Wildman–Crippen MR) is 56.1 cm³/mol. The molecular weight excluding hydrogens is 180 g/mol. The van der Waals surface area contributed by atoms with Gasteiger partial charge in [-0.2, -0.15) is 0 Å². The molecule has 0 radical (unpaired) electrons. The zero-order valence-corrected chi connectivity index (χ0v) is 8.65. The molecule has 13 heavy (non-hydrogen) atoms. The highest BCUT2D eigenvalue weighted by Crippen LogP contribution is 2.32. The largest absolute Gasteiger partial charge is 0.390 e. The van der Waals surface area contributed by atoms with Gasteiger partial charge in [-0.3, -0.25) is 0 Å². The Morgan fingerprint density at radius 1 is 1.31 bits per heavy atom. The fraction of sp³-hybridized carbons (Fsp3) is 0.636. The van der Waals surface area contributed by atoms with Crippen LogP contribution in [0.3, 0.4) is 0 Å². The average molecular weight is 196 g/mol. The van der Waals surface area contributed by atoms with Crippen LogP contribution in [0.15, 0.2) is 17.5 Å². The third-order valence-corrected chi connectivity index (χ3v) is 3.74. The molecule has 1 aromatic rings. The van der Waals surface area contributed by atoms with Crippen LogP contribution in [-0.2, 0) is 6.42 Å². The van der Waals surface area contributed by atoms with Gasteiger partial charge in [0.05, 0.1) is 5.60 Å². The van der Waals surface area contributed by atoms with Crippen molar-refractivity contribution in [2.45, 2.75) is 44.1 Å². The topological polar surface area (TPSA) is 20.2 Å². The van der Waals surface area contributed by atoms with Gasteiger partial charge in [-0.1, -0.05) is 25.3 Å². The molecule has 2 heteroatoms. The van der Waals surface area contributed by atoms with E-state index in [1.54, 1.807) is 11.3 Å².